The summed E-state index contributed by atoms with van der Waals surface area (Å²) in [6.45, 7) is 2.86. The second-order valence-corrected chi connectivity index (χ2v) is 7.14. The van der Waals surface area contributed by atoms with Crippen LogP contribution in [0.5, 0.6) is 0 Å². The summed E-state index contributed by atoms with van der Waals surface area (Å²) in [7, 11) is 0. The largest absolute Gasteiger partial charge is 0.299 e. The Labute approximate surface area is 157 Å². The third-order valence-electron chi connectivity index (χ3n) is 4.81. The third kappa shape index (κ3) is 4.10. The molecule has 4 rings (SSSR count). The van der Waals surface area contributed by atoms with Crippen molar-refractivity contribution in [2.45, 2.75) is 19.8 Å². The molecule has 1 saturated carbocycles. The number of aliphatic imine (C=N–C) groups is 1. The minimum absolute atomic E-state index is 0.0493. The number of rotatable bonds is 5. The van der Waals surface area contributed by atoms with Crippen molar-refractivity contribution in [1.82, 2.24) is 9.99 Å². The summed E-state index contributed by atoms with van der Waals surface area (Å²) < 4.78 is 13.8. The number of Topliss-reactive ketones (excluding diaryl/α,β-unsaturated/α-hetero) is 1. The topological polar surface area (TPSA) is 57.9 Å². The van der Waals surface area contributed by atoms with E-state index in [1.54, 1.807) is 24.5 Å². The van der Waals surface area contributed by atoms with Gasteiger partial charge in [0.25, 0.3) is 0 Å². The van der Waals surface area contributed by atoms with E-state index in [1.165, 1.54) is 31.9 Å². The molecule has 0 radical (unpaired) electrons. The van der Waals surface area contributed by atoms with Crippen LogP contribution in [0.3, 0.4) is 0 Å². The van der Waals surface area contributed by atoms with E-state index in [2.05, 4.69) is 4.98 Å². The fourth-order valence-electron chi connectivity index (χ4n) is 3.37. The van der Waals surface area contributed by atoms with E-state index in [-0.39, 0.29) is 11.6 Å². The second-order valence-electron chi connectivity index (χ2n) is 7.14. The molecule has 0 amide bonds. The van der Waals surface area contributed by atoms with Gasteiger partial charge in [0.1, 0.15) is 17.5 Å². The van der Waals surface area contributed by atoms with Gasteiger partial charge in [0.15, 0.2) is 0 Å². The van der Waals surface area contributed by atoms with Crippen molar-refractivity contribution in [3.8, 4) is 0 Å². The Balaban J connectivity index is 1.78. The Hall–Kier alpha value is -2.89. The van der Waals surface area contributed by atoms with Crippen LogP contribution in [0.1, 0.15) is 25.3 Å². The van der Waals surface area contributed by atoms with Gasteiger partial charge < -0.3 is 0 Å². The first-order valence-corrected chi connectivity index (χ1v) is 9.17. The first-order chi connectivity index (χ1) is 13.1. The highest BCUT2D eigenvalue weighted by Gasteiger charge is 2.35. The maximum Gasteiger partial charge on any atom is 0.144 e. The molecule has 138 valence electrons. The van der Waals surface area contributed by atoms with E-state index in [4.69, 9.17) is 10.1 Å². The molecule has 27 heavy (non-hydrogen) atoms. The molecule has 1 fully saturated rings. The van der Waals surface area contributed by atoms with Crippen LogP contribution >= 0.6 is 0 Å². The summed E-state index contributed by atoms with van der Waals surface area (Å²) in [5, 5.41) is 6.70. The molecule has 1 aliphatic heterocycles. The van der Waals surface area contributed by atoms with Gasteiger partial charge >= 0.3 is 0 Å². The lowest BCUT2D eigenvalue weighted by Gasteiger charge is -2.31. The summed E-state index contributed by atoms with van der Waals surface area (Å²) in [6, 6.07) is 9.92. The van der Waals surface area contributed by atoms with Gasteiger partial charge in [-0.25, -0.2) is 4.39 Å². The number of carbonyl (C=O) groups excluding carboxylic acids is 1. The molecule has 2 aliphatic rings. The molecule has 2 heterocycles. The van der Waals surface area contributed by atoms with Crippen LogP contribution in [0.15, 0.2) is 58.9 Å². The molecular weight excluding hydrogens is 343 g/mol. The summed E-state index contributed by atoms with van der Waals surface area (Å²) in [5.41, 5.74) is 2.61. The zero-order chi connectivity index (χ0) is 18.8. The fraction of sp³-hybridized carbons (Fsp3) is 0.333. The van der Waals surface area contributed by atoms with Crippen LogP contribution in [-0.4, -0.2) is 40.3 Å². The predicted octanol–water partition coefficient (Wildman–Crippen LogP) is 3.63. The maximum atomic E-state index is 13.8. The quantitative estimate of drug-likeness (QED) is 0.814. The van der Waals surface area contributed by atoms with Crippen molar-refractivity contribution in [2.24, 2.45) is 21.9 Å². The summed E-state index contributed by atoms with van der Waals surface area (Å²) >= 11 is 0. The zero-order valence-electron chi connectivity index (χ0n) is 15.2. The zero-order valence-corrected chi connectivity index (χ0v) is 15.2. The van der Waals surface area contributed by atoms with Crippen LogP contribution in [0.2, 0.25) is 0 Å². The molecule has 1 atom stereocenters. The van der Waals surface area contributed by atoms with Gasteiger partial charge in [-0.3, -0.25) is 19.8 Å². The normalized spacial score (nSPS) is 21.3. The average molecular weight is 364 g/mol. The second kappa shape index (κ2) is 7.39. The van der Waals surface area contributed by atoms with Crippen molar-refractivity contribution in [3.63, 3.8) is 0 Å². The monoisotopic (exact) mass is 364 g/mol. The molecule has 0 bridgehead atoms. The van der Waals surface area contributed by atoms with Crippen LogP contribution in [0.25, 0.3) is 0 Å². The maximum absolute atomic E-state index is 13.8. The fourth-order valence-corrected chi connectivity index (χ4v) is 3.37. The number of nitrogens with zero attached hydrogens (tertiary/aromatic N) is 4. The van der Waals surface area contributed by atoms with Gasteiger partial charge in [0.2, 0.25) is 0 Å². The average Bonchev–Trinajstić information content (AvgIpc) is 3.46. The SMILES string of the molecule is CC(=O)C1C(=Nc2cccnc2)CN(CC2CC2)N=C1c1cccc(F)c1. The number of carbonyl (C=O) groups is 1. The molecule has 1 aromatic heterocycles. The van der Waals surface area contributed by atoms with Crippen molar-refractivity contribution < 1.29 is 9.18 Å². The molecule has 0 spiro atoms. The molecule has 1 aromatic carbocycles. The van der Waals surface area contributed by atoms with Gasteiger partial charge in [0.05, 0.1) is 29.9 Å². The Bertz CT molecular complexity index is 905. The number of aromatic nitrogens is 1. The molecule has 2 aromatic rings. The summed E-state index contributed by atoms with van der Waals surface area (Å²) in [4.78, 5) is 21.3. The van der Waals surface area contributed by atoms with Crippen molar-refractivity contribution in [3.05, 3.63) is 60.2 Å². The highest BCUT2D eigenvalue weighted by atomic mass is 19.1. The van der Waals surface area contributed by atoms with Gasteiger partial charge in [0, 0.05) is 18.3 Å². The number of ketones is 1. The summed E-state index contributed by atoms with van der Waals surface area (Å²) in [5.74, 6) is -0.340. The molecule has 1 unspecified atom stereocenters. The molecular formula is C21H21FN4O. The Kier molecular flexibility index (Phi) is 4.79. The van der Waals surface area contributed by atoms with Crippen molar-refractivity contribution >= 4 is 22.9 Å². The molecule has 6 heteroatoms. The van der Waals surface area contributed by atoms with Gasteiger partial charge in [-0.1, -0.05) is 12.1 Å². The van der Waals surface area contributed by atoms with E-state index < -0.39 is 5.92 Å². The Morgan fingerprint density at radius 1 is 1.30 bits per heavy atom. The Morgan fingerprint density at radius 3 is 2.81 bits per heavy atom. The van der Waals surface area contributed by atoms with Crippen molar-refractivity contribution in [2.75, 3.05) is 13.1 Å². The lowest BCUT2D eigenvalue weighted by molar-refractivity contribution is -0.117. The third-order valence-corrected chi connectivity index (χ3v) is 4.81. The van der Waals surface area contributed by atoms with Crippen LogP contribution in [-0.2, 0) is 4.79 Å². The van der Waals surface area contributed by atoms with Crippen molar-refractivity contribution in [1.29, 1.82) is 0 Å². The predicted molar refractivity (Wildman–Crippen MR) is 103 cm³/mol. The first-order valence-electron chi connectivity index (χ1n) is 9.17. The lowest BCUT2D eigenvalue weighted by atomic mass is 9.87. The van der Waals surface area contributed by atoms with Crippen LogP contribution in [0.4, 0.5) is 10.1 Å². The number of hydrogen-bond donors (Lipinski definition) is 0. The van der Waals surface area contributed by atoms with E-state index in [9.17, 15) is 9.18 Å². The minimum atomic E-state index is -0.581. The molecule has 5 nitrogen and oxygen atoms in total. The summed E-state index contributed by atoms with van der Waals surface area (Å²) in [6.07, 6.45) is 5.76. The molecule has 1 aliphatic carbocycles. The smallest absolute Gasteiger partial charge is 0.144 e. The Morgan fingerprint density at radius 2 is 2.15 bits per heavy atom. The number of benzene rings is 1. The number of hydrazone groups is 1. The van der Waals surface area contributed by atoms with Gasteiger partial charge in [-0.05, 0) is 49.9 Å². The van der Waals surface area contributed by atoms with E-state index in [1.807, 2.05) is 17.1 Å². The number of halogens is 1. The van der Waals surface area contributed by atoms with Gasteiger partial charge in [-0.2, -0.15) is 5.10 Å². The molecule has 0 saturated heterocycles. The van der Waals surface area contributed by atoms with E-state index in [0.717, 1.165) is 12.3 Å². The number of hydrogen-bond acceptors (Lipinski definition) is 5. The standard InChI is InChI=1S/C21H21FN4O/c1-14(27)20-19(24-18-6-3-9-23-11-18)13-26(12-15-7-8-15)25-21(20)16-4-2-5-17(22)10-16/h2-6,9-11,15,20H,7-8,12-13H2,1H3. The highest BCUT2D eigenvalue weighted by Crippen LogP contribution is 2.31. The van der Waals surface area contributed by atoms with Crippen LogP contribution < -0.4 is 0 Å². The lowest BCUT2D eigenvalue weighted by Crippen LogP contribution is -2.44. The van der Waals surface area contributed by atoms with E-state index >= 15 is 0 Å². The first kappa shape index (κ1) is 17.5. The minimum Gasteiger partial charge on any atom is -0.299 e. The highest BCUT2D eigenvalue weighted by molar-refractivity contribution is 6.28. The number of pyridine rings is 1. The molecule has 0 N–H and O–H groups in total. The van der Waals surface area contributed by atoms with Crippen LogP contribution in [0, 0.1) is 17.7 Å². The van der Waals surface area contributed by atoms with Gasteiger partial charge in [-0.15, -0.1) is 0 Å². The van der Waals surface area contributed by atoms with E-state index in [0.29, 0.717) is 29.4 Å².